The Hall–Kier alpha value is 0.280. The van der Waals surface area contributed by atoms with Crippen molar-refractivity contribution >= 4 is 49.9 Å². The summed E-state index contributed by atoms with van der Waals surface area (Å²) in [6.45, 7) is 10.1. The van der Waals surface area contributed by atoms with E-state index in [1.165, 1.54) is 0 Å². The second-order valence-corrected chi connectivity index (χ2v) is 9.83. The van der Waals surface area contributed by atoms with Crippen LogP contribution in [0.5, 0.6) is 0 Å². The van der Waals surface area contributed by atoms with Crippen LogP contribution in [-0.2, 0) is 4.74 Å². The molecule has 4 nitrogen and oxygen atoms in total. The Kier molecular flexibility index (Phi) is 8.09. The maximum absolute atomic E-state index is 12.2. The van der Waals surface area contributed by atoms with E-state index in [0.717, 1.165) is 22.1 Å². The molecule has 1 aliphatic rings. The highest BCUT2D eigenvalue weighted by Crippen LogP contribution is 2.25. The Bertz CT molecular complexity index is 382. The molecule has 1 amide bonds. The number of carbonyl (C=O) groups is 1. The first-order valence-electron chi connectivity index (χ1n) is 7.13. The largest absolute Gasteiger partial charge is 0.444 e. The first-order valence-corrected chi connectivity index (χ1v) is 9.66. The molecule has 0 aromatic rings. The van der Waals surface area contributed by atoms with Gasteiger partial charge < -0.3 is 9.64 Å². The maximum atomic E-state index is 12.2. The minimum atomic E-state index is -0.452. The van der Waals surface area contributed by atoms with Crippen LogP contribution in [0.3, 0.4) is 0 Å². The van der Waals surface area contributed by atoms with Crippen molar-refractivity contribution in [2.45, 2.75) is 45.8 Å². The van der Waals surface area contributed by atoms with Gasteiger partial charge in [0.25, 0.3) is 0 Å². The average Bonchev–Trinajstić information content (AvgIpc) is 2.34. The van der Waals surface area contributed by atoms with Crippen LogP contribution in [0.1, 0.15) is 34.1 Å². The number of hydrogen-bond donors (Lipinski definition) is 0. The molecule has 0 bridgehead atoms. The lowest BCUT2D eigenvalue weighted by molar-refractivity contribution is 0.0166. The summed E-state index contributed by atoms with van der Waals surface area (Å²) < 4.78 is 8.71. The van der Waals surface area contributed by atoms with E-state index in [2.05, 4.69) is 49.2 Å². The molecule has 1 heterocycles. The molecule has 0 aromatic carbocycles. The van der Waals surface area contributed by atoms with Gasteiger partial charge in [-0.15, -0.1) is 0 Å². The van der Waals surface area contributed by atoms with E-state index in [9.17, 15) is 4.79 Å². The fourth-order valence-corrected chi connectivity index (χ4v) is 3.49. The Morgan fingerprint density at radius 2 is 2.05 bits per heavy atom. The third-order valence-electron chi connectivity index (χ3n) is 2.80. The van der Waals surface area contributed by atoms with Crippen LogP contribution in [0.4, 0.5) is 4.79 Å². The number of halogens is 2. The van der Waals surface area contributed by atoms with Crippen molar-refractivity contribution in [2.75, 3.05) is 25.4 Å². The second-order valence-electron chi connectivity index (χ2n) is 5.92. The second kappa shape index (κ2) is 8.79. The molecule has 21 heavy (non-hydrogen) atoms. The molecule has 1 aliphatic heterocycles. The highest BCUT2D eigenvalue weighted by atomic mass is 79.9. The SMILES string of the molecule is CCCSN1CCN(C(=O)OC(C)(C)C)C[C@@H]1C=C(Br)Br. The summed E-state index contributed by atoms with van der Waals surface area (Å²) in [5.41, 5.74) is -0.452. The highest BCUT2D eigenvalue weighted by molar-refractivity contribution is 9.28. The van der Waals surface area contributed by atoms with E-state index in [1.807, 2.05) is 32.7 Å². The number of rotatable bonds is 4. The van der Waals surface area contributed by atoms with Crippen LogP contribution >= 0.6 is 43.8 Å². The van der Waals surface area contributed by atoms with Gasteiger partial charge in [-0.3, -0.25) is 0 Å². The minimum Gasteiger partial charge on any atom is -0.444 e. The van der Waals surface area contributed by atoms with Gasteiger partial charge in [0, 0.05) is 25.4 Å². The standard InChI is InChI=1S/C14H24Br2N2O2S/c1-5-8-21-18-7-6-17(10-11(18)9-12(15)16)13(19)20-14(2,3)4/h9,11H,5-8,10H2,1-4H3/t11-/m0/s1. The summed E-state index contributed by atoms with van der Waals surface area (Å²) in [6, 6.07) is 0.177. The van der Waals surface area contributed by atoms with Gasteiger partial charge in [0.15, 0.2) is 0 Å². The van der Waals surface area contributed by atoms with Crippen molar-refractivity contribution < 1.29 is 9.53 Å². The number of ether oxygens (including phenoxy) is 1. The fourth-order valence-electron chi connectivity index (χ4n) is 1.94. The molecule has 0 aliphatic carbocycles. The molecular formula is C14H24Br2N2O2S. The van der Waals surface area contributed by atoms with Gasteiger partial charge in [0.05, 0.1) is 9.43 Å². The Morgan fingerprint density at radius 1 is 1.38 bits per heavy atom. The molecule has 0 radical (unpaired) electrons. The average molecular weight is 444 g/mol. The van der Waals surface area contributed by atoms with Gasteiger partial charge in [-0.2, -0.15) is 0 Å². The summed E-state index contributed by atoms with van der Waals surface area (Å²) in [6.07, 6.45) is 2.99. The van der Waals surface area contributed by atoms with Gasteiger partial charge >= 0.3 is 6.09 Å². The monoisotopic (exact) mass is 442 g/mol. The fraction of sp³-hybridized carbons (Fsp3) is 0.786. The molecule has 122 valence electrons. The van der Waals surface area contributed by atoms with Gasteiger partial charge in [-0.1, -0.05) is 18.9 Å². The number of hydrogen-bond acceptors (Lipinski definition) is 4. The lowest BCUT2D eigenvalue weighted by atomic mass is 10.2. The van der Waals surface area contributed by atoms with Crippen LogP contribution in [0.15, 0.2) is 9.47 Å². The van der Waals surface area contributed by atoms with Crippen LogP contribution in [-0.4, -0.2) is 52.3 Å². The number of nitrogens with zero attached hydrogens (tertiary/aromatic N) is 2. The summed E-state index contributed by atoms with van der Waals surface area (Å²) in [5, 5.41) is 0. The molecule has 0 saturated carbocycles. The van der Waals surface area contributed by atoms with Crippen molar-refractivity contribution in [1.29, 1.82) is 0 Å². The normalized spacial score (nSPS) is 20.3. The lowest BCUT2D eigenvalue weighted by Gasteiger charge is -2.39. The van der Waals surface area contributed by atoms with E-state index in [0.29, 0.717) is 13.1 Å². The van der Waals surface area contributed by atoms with E-state index in [4.69, 9.17) is 4.74 Å². The van der Waals surface area contributed by atoms with Crippen molar-refractivity contribution in [2.24, 2.45) is 0 Å². The summed E-state index contributed by atoms with van der Waals surface area (Å²) in [4.78, 5) is 14.0. The van der Waals surface area contributed by atoms with Crippen molar-refractivity contribution in [1.82, 2.24) is 9.21 Å². The molecule has 0 N–H and O–H groups in total. The van der Waals surface area contributed by atoms with Crippen molar-refractivity contribution in [3.8, 4) is 0 Å². The molecule has 1 atom stereocenters. The van der Waals surface area contributed by atoms with E-state index in [-0.39, 0.29) is 12.1 Å². The first-order chi connectivity index (χ1) is 9.73. The third kappa shape index (κ3) is 7.39. The Balaban J connectivity index is 2.69. The molecule has 0 unspecified atom stereocenters. The third-order valence-corrected chi connectivity index (χ3v) is 4.70. The number of piperazine rings is 1. The molecule has 0 aromatic heterocycles. The number of amides is 1. The molecule has 0 spiro atoms. The van der Waals surface area contributed by atoms with Crippen LogP contribution in [0.2, 0.25) is 0 Å². The lowest BCUT2D eigenvalue weighted by Crippen LogP contribution is -2.52. The van der Waals surface area contributed by atoms with Crippen LogP contribution in [0, 0.1) is 0 Å². The Labute approximate surface area is 149 Å². The van der Waals surface area contributed by atoms with Gasteiger partial charge in [0.2, 0.25) is 0 Å². The van der Waals surface area contributed by atoms with Crippen LogP contribution in [0.25, 0.3) is 0 Å². The molecule has 7 heteroatoms. The zero-order valence-electron chi connectivity index (χ0n) is 13.1. The topological polar surface area (TPSA) is 32.8 Å². The number of carbonyl (C=O) groups excluding carboxylic acids is 1. The Morgan fingerprint density at radius 3 is 2.57 bits per heavy atom. The first kappa shape index (κ1) is 19.3. The maximum Gasteiger partial charge on any atom is 0.410 e. The predicted molar refractivity (Wildman–Crippen MR) is 97.0 cm³/mol. The van der Waals surface area contributed by atoms with E-state index in [1.54, 1.807) is 4.90 Å². The molecule has 1 fully saturated rings. The van der Waals surface area contributed by atoms with E-state index >= 15 is 0 Å². The predicted octanol–water partition coefficient (Wildman–Crippen LogP) is 4.60. The van der Waals surface area contributed by atoms with Gasteiger partial charge in [0.1, 0.15) is 5.60 Å². The highest BCUT2D eigenvalue weighted by Gasteiger charge is 2.31. The van der Waals surface area contributed by atoms with Crippen molar-refractivity contribution in [3.05, 3.63) is 9.47 Å². The summed E-state index contributed by atoms with van der Waals surface area (Å²) in [7, 11) is 0. The molecule has 1 rings (SSSR count). The minimum absolute atomic E-state index is 0.177. The van der Waals surface area contributed by atoms with Crippen molar-refractivity contribution in [3.63, 3.8) is 0 Å². The quantitative estimate of drug-likeness (QED) is 0.594. The zero-order valence-corrected chi connectivity index (χ0v) is 17.1. The van der Waals surface area contributed by atoms with E-state index < -0.39 is 5.60 Å². The smallest absolute Gasteiger partial charge is 0.410 e. The van der Waals surface area contributed by atoms with Crippen LogP contribution < -0.4 is 0 Å². The molecule has 1 saturated heterocycles. The summed E-state index contributed by atoms with van der Waals surface area (Å²) >= 11 is 8.68. The van der Waals surface area contributed by atoms with Gasteiger partial charge in [-0.25, -0.2) is 9.10 Å². The zero-order chi connectivity index (χ0) is 16.0. The summed E-state index contributed by atoms with van der Waals surface area (Å²) in [5.74, 6) is 1.09. The van der Waals surface area contributed by atoms with Gasteiger partial charge in [-0.05, 0) is 65.1 Å². The molecular weight excluding hydrogens is 420 g/mol.